The van der Waals surface area contributed by atoms with Crippen molar-refractivity contribution in [2.75, 3.05) is 0 Å². The van der Waals surface area contributed by atoms with Crippen molar-refractivity contribution in [1.29, 1.82) is 0 Å². The largest absolute Gasteiger partial charge is 0.459 e. The molecule has 0 aliphatic heterocycles. The number of hydrogen-bond acceptors (Lipinski definition) is 0. The molecule has 0 fully saturated rings. The van der Waals surface area contributed by atoms with E-state index in [2.05, 4.69) is 0 Å². The highest BCUT2D eigenvalue weighted by Crippen LogP contribution is 2.52. The summed E-state index contributed by atoms with van der Waals surface area (Å²) in [5, 5.41) is 0. The van der Waals surface area contributed by atoms with E-state index >= 15 is 0 Å². The van der Waals surface area contributed by atoms with Gasteiger partial charge in [-0.1, -0.05) is 0 Å². The van der Waals surface area contributed by atoms with E-state index < -0.39 is 60.7 Å². The fraction of sp³-hybridized carbons (Fsp3) is 1.00. The SMILES string of the molecule is FC(C(F)(F)F)C(F)(F)C(F)(F)C(F)(F)F.FC(C(F)(F)F)C(F)(F)C(F)(F)C(F)(F)F.O. The first-order valence-electron chi connectivity index (χ1n) is 6.37. The summed E-state index contributed by atoms with van der Waals surface area (Å²) < 4.78 is 255. The first-order chi connectivity index (χ1) is 13.3. The lowest BCUT2D eigenvalue weighted by atomic mass is 10.1. The summed E-state index contributed by atoms with van der Waals surface area (Å²) >= 11 is 0. The molecule has 0 heterocycles. The van der Waals surface area contributed by atoms with Crippen molar-refractivity contribution in [1.82, 2.24) is 0 Å². The maximum Gasteiger partial charge on any atom is 0.459 e. The van der Waals surface area contributed by atoms with Gasteiger partial charge in [0.25, 0.3) is 12.3 Å². The molecule has 0 rings (SSSR count). The monoisotopic (exact) mass is 558 g/mol. The third-order valence-corrected chi connectivity index (χ3v) is 2.76. The minimum atomic E-state index is -7.12. The smallest absolute Gasteiger partial charge is 0.412 e. The predicted octanol–water partition coefficient (Wildman–Crippen LogP) is 6.61. The molecule has 2 atom stereocenters. The molecular formula is C10H4F22O. The zero-order valence-corrected chi connectivity index (χ0v) is 14.0. The minimum Gasteiger partial charge on any atom is -0.412 e. The summed E-state index contributed by atoms with van der Waals surface area (Å²) in [6, 6.07) is 0. The quantitative estimate of drug-likeness (QED) is 0.348. The molecule has 2 N–H and O–H groups in total. The van der Waals surface area contributed by atoms with E-state index in [-0.39, 0.29) is 5.48 Å². The van der Waals surface area contributed by atoms with Gasteiger partial charge in [-0.3, -0.25) is 0 Å². The molecule has 2 unspecified atom stereocenters. The third kappa shape index (κ3) is 7.20. The molecule has 23 heteroatoms. The van der Waals surface area contributed by atoms with Gasteiger partial charge in [-0.2, -0.15) is 87.8 Å². The summed E-state index contributed by atoms with van der Waals surface area (Å²) in [4.78, 5) is 0. The van der Waals surface area contributed by atoms with E-state index in [1.54, 1.807) is 0 Å². The van der Waals surface area contributed by atoms with E-state index in [0.717, 1.165) is 0 Å². The molecule has 0 aromatic carbocycles. The van der Waals surface area contributed by atoms with Gasteiger partial charge in [0.2, 0.25) is 0 Å². The molecule has 1 nitrogen and oxygen atoms in total. The molecule has 0 aliphatic carbocycles. The molecule has 0 saturated heterocycles. The Morgan fingerprint density at radius 2 is 0.485 bits per heavy atom. The van der Waals surface area contributed by atoms with Gasteiger partial charge in [0.05, 0.1) is 0 Å². The Balaban J connectivity index is -0.000000529. The van der Waals surface area contributed by atoms with E-state index in [1.165, 1.54) is 0 Å². The number of alkyl halides is 22. The van der Waals surface area contributed by atoms with Crippen LogP contribution in [0, 0.1) is 0 Å². The Bertz CT molecular complexity index is 549. The lowest BCUT2D eigenvalue weighted by molar-refractivity contribution is -0.386. The Hall–Kier alpha value is -1.58. The molecule has 204 valence electrons. The van der Waals surface area contributed by atoms with Crippen LogP contribution in [-0.4, -0.2) is 66.2 Å². The van der Waals surface area contributed by atoms with E-state index in [9.17, 15) is 96.6 Å². The van der Waals surface area contributed by atoms with Gasteiger partial charge < -0.3 is 5.48 Å². The van der Waals surface area contributed by atoms with Crippen LogP contribution in [0.5, 0.6) is 0 Å². The first-order valence-corrected chi connectivity index (χ1v) is 6.37. The fourth-order valence-corrected chi connectivity index (χ4v) is 1.11. The van der Waals surface area contributed by atoms with Gasteiger partial charge in [0.15, 0.2) is 0 Å². The Morgan fingerprint density at radius 3 is 0.576 bits per heavy atom. The van der Waals surface area contributed by atoms with Gasteiger partial charge in [0.1, 0.15) is 0 Å². The van der Waals surface area contributed by atoms with Crippen molar-refractivity contribution >= 4 is 0 Å². The van der Waals surface area contributed by atoms with Gasteiger partial charge in [0, 0.05) is 0 Å². The van der Waals surface area contributed by atoms with Gasteiger partial charge in [-0.25, -0.2) is 8.78 Å². The van der Waals surface area contributed by atoms with Crippen LogP contribution in [0.1, 0.15) is 0 Å². The fourth-order valence-electron chi connectivity index (χ4n) is 1.11. The second kappa shape index (κ2) is 9.58. The van der Waals surface area contributed by atoms with Crippen molar-refractivity contribution < 1.29 is 102 Å². The summed E-state index contributed by atoms with van der Waals surface area (Å²) in [5.41, 5.74) is 0. The average Bonchev–Trinajstić information content (AvgIpc) is 2.49. The predicted molar refractivity (Wildman–Crippen MR) is 57.4 cm³/mol. The topological polar surface area (TPSA) is 31.5 Å². The Morgan fingerprint density at radius 1 is 0.333 bits per heavy atom. The standard InChI is InChI=1S/2C5HF11.H2O/c2*6-1(3(9,10)11)2(7,8)4(12,13)5(14,15)16;/h2*1H;1H2. The summed E-state index contributed by atoms with van der Waals surface area (Å²) in [6.45, 7) is 0. The molecule has 0 aliphatic rings. The van der Waals surface area contributed by atoms with Crippen molar-refractivity contribution in [3.63, 3.8) is 0 Å². The third-order valence-electron chi connectivity index (χ3n) is 2.76. The van der Waals surface area contributed by atoms with Crippen LogP contribution in [0.2, 0.25) is 0 Å². The molecule has 0 aromatic rings. The van der Waals surface area contributed by atoms with Crippen molar-refractivity contribution in [3.05, 3.63) is 0 Å². The van der Waals surface area contributed by atoms with Crippen LogP contribution in [0.3, 0.4) is 0 Å². The lowest BCUT2D eigenvalue weighted by Crippen LogP contribution is -2.60. The molecule has 0 aromatic heterocycles. The summed E-state index contributed by atoms with van der Waals surface area (Å²) in [7, 11) is 0. The van der Waals surface area contributed by atoms with E-state index in [1.807, 2.05) is 0 Å². The summed E-state index contributed by atoms with van der Waals surface area (Å²) in [6.07, 6.45) is -38.3. The maximum atomic E-state index is 12.0. The second-order valence-corrected chi connectivity index (χ2v) is 5.20. The van der Waals surface area contributed by atoms with Crippen molar-refractivity contribution in [2.45, 2.75) is 60.7 Å². The van der Waals surface area contributed by atoms with Gasteiger partial charge in [-0.15, -0.1) is 0 Å². The van der Waals surface area contributed by atoms with Crippen LogP contribution in [-0.2, 0) is 0 Å². The highest BCUT2D eigenvalue weighted by molar-refractivity contribution is 4.99. The normalized spacial score (nSPS) is 16.9. The summed E-state index contributed by atoms with van der Waals surface area (Å²) in [5.74, 6) is -28.1. The van der Waals surface area contributed by atoms with Crippen molar-refractivity contribution in [3.8, 4) is 0 Å². The Kier molecular flexibility index (Phi) is 10.5. The molecular weight excluding hydrogens is 554 g/mol. The second-order valence-electron chi connectivity index (χ2n) is 5.20. The van der Waals surface area contributed by atoms with Crippen LogP contribution in [0.15, 0.2) is 0 Å². The first kappa shape index (κ1) is 36.0. The van der Waals surface area contributed by atoms with Crippen molar-refractivity contribution in [2.24, 2.45) is 0 Å². The highest BCUT2D eigenvalue weighted by Gasteiger charge is 2.80. The highest BCUT2D eigenvalue weighted by atomic mass is 19.4. The van der Waals surface area contributed by atoms with Crippen LogP contribution in [0.4, 0.5) is 96.6 Å². The zero-order valence-electron chi connectivity index (χ0n) is 14.0. The molecule has 0 saturated carbocycles. The molecule has 33 heavy (non-hydrogen) atoms. The van der Waals surface area contributed by atoms with Crippen LogP contribution in [0.25, 0.3) is 0 Å². The zero-order chi connectivity index (χ0) is 27.2. The average molecular weight is 558 g/mol. The number of halogens is 22. The van der Waals surface area contributed by atoms with Gasteiger partial charge >= 0.3 is 48.4 Å². The Labute approximate surface area is 164 Å². The molecule has 0 bridgehead atoms. The number of rotatable bonds is 4. The number of hydrogen-bond donors (Lipinski definition) is 0. The molecule has 0 radical (unpaired) electrons. The van der Waals surface area contributed by atoms with E-state index in [4.69, 9.17) is 0 Å². The molecule has 0 amide bonds. The molecule has 0 spiro atoms. The van der Waals surface area contributed by atoms with Crippen LogP contribution < -0.4 is 0 Å². The van der Waals surface area contributed by atoms with Crippen LogP contribution >= 0.6 is 0 Å². The lowest BCUT2D eigenvalue weighted by Gasteiger charge is -2.30. The van der Waals surface area contributed by atoms with Gasteiger partial charge in [-0.05, 0) is 0 Å². The minimum absolute atomic E-state index is 0. The van der Waals surface area contributed by atoms with E-state index in [0.29, 0.717) is 0 Å². The maximum absolute atomic E-state index is 12.0.